The first kappa shape index (κ1) is 17.1. The van der Waals surface area contributed by atoms with Gasteiger partial charge in [0, 0.05) is 26.3 Å². The molecule has 118 valence electrons. The standard InChI is InChI=1S/C13H23N5O3/c1-3-5-8-21-9-6-7-15-12-11(18(19)20)10-16-13(17-12)14-4-2/h10H,3-9H2,1-2H3,(H2,14,15,16,17). The number of hydrogen-bond donors (Lipinski definition) is 2. The molecule has 1 rings (SSSR count). The van der Waals surface area contributed by atoms with Gasteiger partial charge in [0.25, 0.3) is 0 Å². The van der Waals surface area contributed by atoms with Crippen molar-refractivity contribution in [2.45, 2.75) is 33.1 Å². The van der Waals surface area contributed by atoms with Gasteiger partial charge in [-0.25, -0.2) is 4.98 Å². The Kier molecular flexibility index (Phi) is 8.03. The second kappa shape index (κ2) is 9.87. The molecular weight excluding hydrogens is 274 g/mol. The third-order valence-electron chi connectivity index (χ3n) is 2.70. The molecule has 0 atom stereocenters. The maximum absolute atomic E-state index is 10.9. The Morgan fingerprint density at radius 2 is 2.05 bits per heavy atom. The van der Waals surface area contributed by atoms with Crippen molar-refractivity contribution in [1.82, 2.24) is 9.97 Å². The highest BCUT2D eigenvalue weighted by atomic mass is 16.6. The first-order chi connectivity index (χ1) is 10.2. The number of nitrogens with one attached hydrogen (secondary N) is 2. The Hall–Kier alpha value is -1.96. The lowest BCUT2D eigenvalue weighted by molar-refractivity contribution is -0.384. The molecule has 0 saturated heterocycles. The van der Waals surface area contributed by atoms with Crippen LogP contribution < -0.4 is 10.6 Å². The zero-order chi connectivity index (χ0) is 15.5. The molecule has 0 aromatic carbocycles. The molecule has 1 aromatic heterocycles. The van der Waals surface area contributed by atoms with Crippen molar-refractivity contribution in [1.29, 1.82) is 0 Å². The number of aromatic nitrogens is 2. The molecule has 0 fully saturated rings. The molecule has 8 nitrogen and oxygen atoms in total. The van der Waals surface area contributed by atoms with Crippen LogP contribution in [0.5, 0.6) is 0 Å². The van der Waals surface area contributed by atoms with E-state index < -0.39 is 4.92 Å². The largest absolute Gasteiger partial charge is 0.381 e. The fourth-order valence-electron chi connectivity index (χ4n) is 1.61. The Morgan fingerprint density at radius 3 is 2.71 bits per heavy atom. The van der Waals surface area contributed by atoms with Crippen LogP contribution in [0.15, 0.2) is 6.20 Å². The molecule has 0 aliphatic heterocycles. The first-order valence-electron chi connectivity index (χ1n) is 7.26. The summed E-state index contributed by atoms with van der Waals surface area (Å²) in [5.74, 6) is 0.615. The summed E-state index contributed by atoms with van der Waals surface area (Å²) in [4.78, 5) is 18.5. The normalized spacial score (nSPS) is 10.4. The smallest absolute Gasteiger partial charge is 0.329 e. The number of rotatable bonds is 11. The van der Waals surface area contributed by atoms with Crippen LogP contribution in [-0.4, -0.2) is 41.2 Å². The van der Waals surface area contributed by atoms with Crippen molar-refractivity contribution >= 4 is 17.5 Å². The lowest BCUT2D eigenvalue weighted by atomic mass is 10.3. The summed E-state index contributed by atoms with van der Waals surface area (Å²) in [6, 6.07) is 0. The molecule has 0 radical (unpaired) electrons. The maximum atomic E-state index is 10.9. The van der Waals surface area contributed by atoms with Gasteiger partial charge in [0.1, 0.15) is 6.20 Å². The minimum Gasteiger partial charge on any atom is -0.381 e. The average Bonchev–Trinajstić information content (AvgIpc) is 2.46. The van der Waals surface area contributed by atoms with E-state index in [1.807, 2.05) is 6.92 Å². The quantitative estimate of drug-likeness (QED) is 0.367. The van der Waals surface area contributed by atoms with Gasteiger partial charge in [-0.05, 0) is 19.8 Å². The molecule has 0 unspecified atom stereocenters. The van der Waals surface area contributed by atoms with E-state index in [0.717, 1.165) is 25.9 Å². The number of nitrogens with zero attached hydrogens (tertiary/aromatic N) is 3. The summed E-state index contributed by atoms with van der Waals surface area (Å²) in [6.45, 7) is 6.63. The highest BCUT2D eigenvalue weighted by Gasteiger charge is 2.16. The third-order valence-corrected chi connectivity index (χ3v) is 2.70. The van der Waals surface area contributed by atoms with E-state index in [4.69, 9.17) is 4.74 Å². The van der Waals surface area contributed by atoms with Crippen LogP contribution in [-0.2, 0) is 4.74 Å². The molecule has 1 aromatic rings. The minimum atomic E-state index is -0.490. The zero-order valence-corrected chi connectivity index (χ0v) is 12.6. The number of hydrogen-bond acceptors (Lipinski definition) is 7. The Labute approximate surface area is 124 Å². The number of anilines is 2. The van der Waals surface area contributed by atoms with Crippen LogP contribution in [0.2, 0.25) is 0 Å². The van der Waals surface area contributed by atoms with Gasteiger partial charge in [-0.2, -0.15) is 4.98 Å². The van der Waals surface area contributed by atoms with Crippen LogP contribution in [0.3, 0.4) is 0 Å². The van der Waals surface area contributed by atoms with Crippen LogP contribution >= 0.6 is 0 Å². The highest BCUT2D eigenvalue weighted by molar-refractivity contribution is 5.56. The SMILES string of the molecule is CCCCOCCCNc1nc(NCC)ncc1[N+](=O)[O-]. The van der Waals surface area contributed by atoms with Crippen molar-refractivity contribution in [3.05, 3.63) is 16.3 Å². The van der Waals surface area contributed by atoms with Gasteiger partial charge >= 0.3 is 5.69 Å². The predicted molar refractivity (Wildman–Crippen MR) is 81.7 cm³/mol. The number of nitro groups is 1. The van der Waals surface area contributed by atoms with Gasteiger partial charge in [-0.3, -0.25) is 10.1 Å². The van der Waals surface area contributed by atoms with Gasteiger partial charge in [-0.15, -0.1) is 0 Å². The van der Waals surface area contributed by atoms with Crippen molar-refractivity contribution in [2.24, 2.45) is 0 Å². The molecule has 0 amide bonds. The van der Waals surface area contributed by atoms with E-state index in [1.165, 1.54) is 6.20 Å². The first-order valence-corrected chi connectivity index (χ1v) is 7.26. The molecule has 2 N–H and O–H groups in total. The third kappa shape index (κ3) is 6.35. The molecular formula is C13H23N5O3. The predicted octanol–water partition coefficient (Wildman–Crippen LogP) is 2.44. The van der Waals surface area contributed by atoms with Crippen LogP contribution in [0.1, 0.15) is 33.1 Å². The van der Waals surface area contributed by atoms with Gasteiger partial charge in [-0.1, -0.05) is 13.3 Å². The number of unbranched alkanes of at least 4 members (excludes halogenated alkanes) is 1. The molecule has 0 spiro atoms. The summed E-state index contributed by atoms with van der Waals surface area (Å²) in [5.41, 5.74) is -0.122. The zero-order valence-electron chi connectivity index (χ0n) is 12.6. The van der Waals surface area contributed by atoms with Gasteiger partial charge < -0.3 is 15.4 Å². The molecule has 0 bridgehead atoms. The summed E-state index contributed by atoms with van der Waals surface area (Å²) >= 11 is 0. The summed E-state index contributed by atoms with van der Waals surface area (Å²) in [6.07, 6.45) is 4.14. The van der Waals surface area contributed by atoms with Gasteiger partial charge in [0.2, 0.25) is 11.8 Å². The van der Waals surface area contributed by atoms with E-state index in [1.54, 1.807) is 0 Å². The van der Waals surface area contributed by atoms with Crippen molar-refractivity contribution < 1.29 is 9.66 Å². The minimum absolute atomic E-state index is 0.122. The van der Waals surface area contributed by atoms with Crippen LogP contribution in [0.25, 0.3) is 0 Å². The Bertz CT molecular complexity index is 442. The van der Waals surface area contributed by atoms with Crippen molar-refractivity contribution in [3.63, 3.8) is 0 Å². The average molecular weight is 297 g/mol. The summed E-state index contributed by atoms with van der Waals surface area (Å²) < 4.78 is 5.43. The molecule has 0 aliphatic carbocycles. The Morgan fingerprint density at radius 1 is 1.29 bits per heavy atom. The van der Waals surface area contributed by atoms with E-state index in [9.17, 15) is 10.1 Å². The monoisotopic (exact) mass is 297 g/mol. The maximum Gasteiger partial charge on any atom is 0.329 e. The van der Waals surface area contributed by atoms with Crippen molar-refractivity contribution in [2.75, 3.05) is 36.9 Å². The fraction of sp³-hybridized carbons (Fsp3) is 0.692. The van der Waals surface area contributed by atoms with E-state index in [2.05, 4.69) is 27.5 Å². The molecule has 8 heteroatoms. The topological polar surface area (TPSA) is 102 Å². The second-order valence-corrected chi connectivity index (χ2v) is 4.46. The lowest BCUT2D eigenvalue weighted by Gasteiger charge is -2.08. The Balaban J connectivity index is 2.47. The molecule has 21 heavy (non-hydrogen) atoms. The van der Waals surface area contributed by atoms with Gasteiger partial charge in [0.05, 0.1) is 4.92 Å². The van der Waals surface area contributed by atoms with Crippen LogP contribution in [0, 0.1) is 10.1 Å². The molecule has 1 heterocycles. The highest BCUT2D eigenvalue weighted by Crippen LogP contribution is 2.21. The van der Waals surface area contributed by atoms with E-state index in [-0.39, 0.29) is 11.5 Å². The van der Waals surface area contributed by atoms with Crippen molar-refractivity contribution in [3.8, 4) is 0 Å². The summed E-state index contributed by atoms with van der Waals surface area (Å²) in [5, 5.41) is 16.8. The lowest BCUT2D eigenvalue weighted by Crippen LogP contribution is -2.11. The van der Waals surface area contributed by atoms with Crippen LogP contribution in [0.4, 0.5) is 17.5 Å². The second-order valence-electron chi connectivity index (χ2n) is 4.46. The summed E-state index contributed by atoms with van der Waals surface area (Å²) in [7, 11) is 0. The molecule has 0 aliphatic rings. The van der Waals surface area contributed by atoms with E-state index in [0.29, 0.717) is 25.6 Å². The van der Waals surface area contributed by atoms with E-state index >= 15 is 0 Å². The fourth-order valence-corrected chi connectivity index (χ4v) is 1.61. The number of ether oxygens (including phenoxy) is 1. The molecule has 0 saturated carbocycles. The van der Waals surface area contributed by atoms with Gasteiger partial charge in [0.15, 0.2) is 0 Å².